The van der Waals surface area contributed by atoms with Gasteiger partial charge in [0.15, 0.2) is 0 Å². The smallest absolute Gasteiger partial charge is 0.305 e. The van der Waals surface area contributed by atoms with Crippen LogP contribution >= 0.6 is 0 Å². The standard InChI is InChI=1S/C14H18N2O3/c1-10-4-2-6-15-12(10)9-13(17)16-7-3-5-11(16)8-14(18)19/h2,4,6,11H,3,5,7-9H2,1H3,(H,18,19). The molecule has 19 heavy (non-hydrogen) atoms. The lowest BCUT2D eigenvalue weighted by Gasteiger charge is -2.23. The second kappa shape index (κ2) is 5.82. The number of carboxylic acids is 1. The fourth-order valence-electron chi connectivity index (χ4n) is 2.53. The van der Waals surface area contributed by atoms with Crippen molar-refractivity contribution in [3.63, 3.8) is 0 Å². The van der Waals surface area contributed by atoms with Crippen LogP contribution in [0.5, 0.6) is 0 Å². The summed E-state index contributed by atoms with van der Waals surface area (Å²) in [6.45, 7) is 2.58. The summed E-state index contributed by atoms with van der Waals surface area (Å²) in [7, 11) is 0. The minimum absolute atomic E-state index is 0.0226. The lowest BCUT2D eigenvalue weighted by Crippen LogP contribution is -2.38. The molecule has 0 aliphatic carbocycles. The Kier molecular flexibility index (Phi) is 4.14. The number of hydrogen-bond acceptors (Lipinski definition) is 3. The summed E-state index contributed by atoms with van der Waals surface area (Å²) in [4.78, 5) is 28.9. The van der Waals surface area contributed by atoms with Gasteiger partial charge in [-0.25, -0.2) is 0 Å². The number of aromatic nitrogens is 1. The van der Waals surface area contributed by atoms with Crippen LogP contribution in [-0.4, -0.2) is 39.5 Å². The van der Waals surface area contributed by atoms with E-state index >= 15 is 0 Å². The first-order valence-electron chi connectivity index (χ1n) is 6.49. The molecule has 1 aliphatic rings. The number of amides is 1. The topological polar surface area (TPSA) is 70.5 Å². The molecule has 1 aromatic heterocycles. The van der Waals surface area contributed by atoms with E-state index < -0.39 is 5.97 Å². The van der Waals surface area contributed by atoms with Crippen LogP contribution in [0.1, 0.15) is 30.5 Å². The van der Waals surface area contributed by atoms with Gasteiger partial charge in [0.05, 0.1) is 18.5 Å². The Morgan fingerprint density at radius 3 is 3.00 bits per heavy atom. The Labute approximate surface area is 112 Å². The highest BCUT2D eigenvalue weighted by molar-refractivity contribution is 5.80. The molecule has 1 amide bonds. The van der Waals surface area contributed by atoms with Gasteiger partial charge in [0.1, 0.15) is 0 Å². The maximum absolute atomic E-state index is 12.3. The van der Waals surface area contributed by atoms with E-state index in [0.717, 1.165) is 24.1 Å². The van der Waals surface area contributed by atoms with Gasteiger partial charge in [-0.15, -0.1) is 0 Å². The fraction of sp³-hybridized carbons (Fsp3) is 0.500. The summed E-state index contributed by atoms with van der Waals surface area (Å²) in [6.07, 6.45) is 3.62. The number of carbonyl (C=O) groups is 2. The van der Waals surface area contributed by atoms with Crippen molar-refractivity contribution in [1.82, 2.24) is 9.88 Å². The molecule has 1 atom stereocenters. The Hall–Kier alpha value is -1.91. The molecule has 0 bridgehead atoms. The van der Waals surface area contributed by atoms with Crippen LogP contribution in [-0.2, 0) is 16.0 Å². The molecule has 1 fully saturated rings. The average molecular weight is 262 g/mol. The first-order chi connectivity index (χ1) is 9.08. The minimum atomic E-state index is -0.848. The fourth-order valence-corrected chi connectivity index (χ4v) is 2.53. The number of likely N-dealkylation sites (tertiary alicyclic amines) is 1. The van der Waals surface area contributed by atoms with E-state index in [2.05, 4.69) is 4.98 Å². The van der Waals surface area contributed by atoms with Crippen molar-refractivity contribution in [2.75, 3.05) is 6.54 Å². The van der Waals surface area contributed by atoms with E-state index in [4.69, 9.17) is 5.11 Å². The third kappa shape index (κ3) is 3.30. The zero-order chi connectivity index (χ0) is 13.8. The largest absolute Gasteiger partial charge is 0.481 e. The summed E-state index contributed by atoms with van der Waals surface area (Å²) < 4.78 is 0. The van der Waals surface area contributed by atoms with E-state index in [-0.39, 0.29) is 24.8 Å². The van der Waals surface area contributed by atoms with Gasteiger partial charge < -0.3 is 10.0 Å². The first-order valence-corrected chi connectivity index (χ1v) is 6.49. The van der Waals surface area contributed by atoms with Gasteiger partial charge in [0.25, 0.3) is 0 Å². The Balaban J connectivity index is 2.03. The highest BCUT2D eigenvalue weighted by Crippen LogP contribution is 2.21. The normalized spacial score (nSPS) is 18.6. The van der Waals surface area contributed by atoms with Crippen molar-refractivity contribution in [1.29, 1.82) is 0 Å². The lowest BCUT2D eigenvalue weighted by atomic mass is 10.1. The van der Waals surface area contributed by atoms with Crippen molar-refractivity contribution < 1.29 is 14.7 Å². The number of hydrogen-bond donors (Lipinski definition) is 1. The van der Waals surface area contributed by atoms with Crippen molar-refractivity contribution in [2.45, 2.75) is 38.6 Å². The maximum Gasteiger partial charge on any atom is 0.305 e. The van der Waals surface area contributed by atoms with Crippen molar-refractivity contribution in [3.8, 4) is 0 Å². The van der Waals surface area contributed by atoms with Crippen molar-refractivity contribution in [2.24, 2.45) is 0 Å². The summed E-state index contributed by atoms with van der Waals surface area (Å²) in [6, 6.07) is 3.61. The molecular weight excluding hydrogens is 244 g/mol. The molecule has 0 spiro atoms. The highest BCUT2D eigenvalue weighted by Gasteiger charge is 2.30. The predicted octanol–water partition coefficient (Wildman–Crippen LogP) is 1.40. The second-order valence-electron chi connectivity index (χ2n) is 4.92. The molecule has 1 aliphatic heterocycles. The molecule has 102 valence electrons. The Bertz CT molecular complexity index is 487. The minimum Gasteiger partial charge on any atom is -0.481 e. The van der Waals surface area contributed by atoms with Crippen LogP contribution in [0.15, 0.2) is 18.3 Å². The molecule has 5 nitrogen and oxygen atoms in total. The van der Waals surface area contributed by atoms with Gasteiger partial charge in [-0.05, 0) is 31.4 Å². The molecule has 0 saturated carbocycles. The molecular formula is C14H18N2O3. The summed E-state index contributed by atoms with van der Waals surface area (Å²) in [5.74, 6) is -0.871. The lowest BCUT2D eigenvalue weighted by molar-refractivity contribution is -0.139. The molecule has 2 heterocycles. The number of carbonyl (C=O) groups excluding carboxylic acids is 1. The van der Waals surface area contributed by atoms with E-state index in [9.17, 15) is 9.59 Å². The second-order valence-corrected chi connectivity index (χ2v) is 4.92. The van der Waals surface area contributed by atoms with Gasteiger partial charge in [0.2, 0.25) is 5.91 Å². The molecule has 1 N–H and O–H groups in total. The van der Waals surface area contributed by atoms with Crippen LogP contribution in [0, 0.1) is 6.92 Å². The Morgan fingerprint density at radius 1 is 1.53 bits per heavy atom. The van der Waals surface area contributed by atoms with Crippen LogP contribution in [0.4, 0.5) is 0 Å². The van der Waals surface area contributed by atoms with Crippen LogP contribution < -0.4 is 0 Å². The van der Waals surface area contributed by atoms with E-state index in [0.29, 0.717) is 6.54 Å². The monoisotopic (exact) mass is 262 g/mol. The first kappa shape index (κ1) is 13.5. The van der Waals surface area contributed by atoms with Crippen LogP contribution in [0.25, 0.3) is 0 Å². The maximum atomic E-state index is 12.3. The number of carboxylic acid groups (broad SMARTS) is 1. The molecule has 0 aromatic carbocycles. The molecule has 0 radical (unpaired) electrons. The average Bonchev–Trinajstić information content (AvgIpc) is 2.79. The predicted molar refractivity (Wildman–Crippen MR) is 69.7 cm³/mol. The molecule has 1 saturated heterocycles. The number of pyridine rings is 1. The quantitative estimate of drug-likeness (QED) is 0.890. The van der Waals surface area contributed by atoms with Crippen molar-refractivity contribution in [3.05, 3.63) is 29.6 Å². The van der Waals surface area contributed by atoms with Crippen LogP contribution in [0.3, 0.4) is 0 Å². The zero-order valence-corrected chi connectivity index (χ0v) is 11.0. The molecule has 5 heteroatoms. The van der Waals surface area contributed by atoms with Crippen LogP contribution in [0.2, 0.25) is 0 Å². The van der Waals surface area contributed by atoms with E-state index in [1.165, 1.54) is 0 Å². The molecule has 2 rings (SSSR count). The SMILES string of the molecule is Cc1cccnc1CC(=O)N1CCCC1CC(=O)O. The van der Waals surface area contributed by atoms with Gasteiger partial charge in [0, 0.05) is 18.8 Å². The van der Waals surface area contributed by atoms with Crippen molar-refractivity contribution >= 4 is 11.9 Å². The summed E-state index contributed by atoms with van der Waals surface area (Å²) in [5, 5.41) is 8.86. The molecule has 1 unspecified atom stereocenters. The van der Waals surface area contributed by atoms with Gasteiger partial charge >= 0.3 is 5.97 Å². The zero-order valence-electron chi connectivity index (χ0n) is 11.0. The van der Waals surface area contributed by atoms with E-state index in [1.807, 2.05) is 19.1 Å². The summed E-state index contributed by atoms with van der Waals surface area (Å²) >= 11 is 0. The number of rotatable bonds is 4. The number of aryl methyl sites for hydroxylation is 1. The van der Waals surface area contributed by atoms with Gasteiger partial charge in [-0.2, -0.15) is 0 Å². The van der Waals surface area contributed by atoms with E-state index in [1.54, 1.807) is 11.1 Å². The molecule has 1 aromatic rings. The number of nitrogens with zero attached hydrogens (tertiary/aromatic N) is 2. The Morgan fingerprint density at radius 2 is 2.32 bits per heavy atom. The highest BCUT2D eigenvalue weighted by atomic mass is 16.4. The number of aliphatic carboxylic acids is 1. The third-order valence-electron chi connectivity index (χ3n) is 3.54. The van der Waals surface area contributed by atoms with Gasteiger partial charge in [-0.3, -0.25) is 14.6 Å². The van der Waals surface area contributed by atoms with Gasteiger partial charge in [-0.1, -0.05) is 6.07 Å². The summed E-state index contributed by atoms with van der Waals surface area (Å²) in [5.41, 5.74) is 1.76. The third-order valence-corrected chi connectivity index (χ3v) is 3.54.